The highest BCUT2D eigenvalue weighted by Crippen LogP contribution is 2.25. The van der Waals surface area contributed by atoms with Crippen LogP contribution in [0.2, 0.25) is 0 Å². The van der Waals surface area contributed by atoms with Gasteiger partial charge < -0.3 is 9.73 Å². The van der Waals surface area contributed by atoms with Crippen molar-refractivity contribution in [3.05, 3.63) is 81.5 Å². The Hall–Kier alpha value is -3.25. The normalized spacial score (nSPS) is 10.9. The van der Waals surface area contributed by atoms with Gasteiger partial charge in [0.1, 0.15) is 5.58 Å². The molecule has 0 aliphatic heterocycles. The first-order valence-electron chi connectivity index (χ1n) is 8.43. The van der Waals surface area contributed by atoms with Crippen LogP contribution in [0.25, 0.3) is 22.2 Å². The van der Waals surface area contributed by atoms with Gasteiger partial charge >= 0.3 is 5.63 Å². The van der Waals surface area contributed by atoms with Gasteiger partial charge in [-0.2, -0.15) is 0 Å². The van der Waals surface area contributed by atoms with Crippen LogP contribution in [0, 0.1) is 6.92 Å². The summed E-state index contributed by atoms with van der Waals surface area (Å²) >= 11 is 1.28. The zero-order valence-electron chi connectivity index (χ0n) is 14.6. The lowest BCUT2D eigenvalue weighted by Crippen LogP contribution is -2.14. The Kier molecular flexibility index (Phi) is 4.56. The summed E-state index contributed by atoms with van der Waals surface area (Å²) in [5.41, 5.74) is 3.04. The second-order valence-corrected chi connectivity index (χ2v) is 7.09. The van der Waals surface area contributed by atoms with E-state index in [9.17, 15) is 9.59 Å². The predicted octanol–water partition coefficient (Wildman–Crippen LogP) is 4.41. The van der Waals surface area contributed by atoms with E-state index in [2.05, 4.69) is 10.3 Å². The number of hydrogen-bond donors (Lipinski definition) is 1. The van der Waals surface area contributed by atoms with Crippen molar-refractivity contribution in [2.45, 2.75) is 13.3 Å². The maximum absolute atomic E-state index is 12.2. The first-order valence-corrected chi connectivity index (χ1v) is 9.31. The van der Waals surface area contributed by atoms with Crippen LogP contribution in [0.5, 0.6) is 0 Å². The second kappa shape index (κ2) is 7.17. The average Bonchev–Trinajstić information content (AvgIpc) is 3.11. The molecular formula is C21H16N2O3S. The van der Waals surface area contributed by atoms with Crippen LogP contribution in [0.1, 0.15) is 11.1 Å². The Bertz CT molecular complexity index is 1180. The first kappa shape index (κ1) is 17.2. The van der Waals surface area contributed by atoms with Crippen LogP contribution in [0.4, 0.5) is 5.13 Å². The number of nitrogens with zero attached hydrogens (tertiary/aromatic N) is 1. The fraction of sp³-hybridized carbons (Fsp3) is 0.0952. The summed E-state index contributed by atoms with van der Waals surface area (Å²) in [6, 6.07) is 16.9. The molecule has 1 N–H and O–H groups in total. The van der Waals surface area contributed by atoms with Crippen LogP contribution in [0.15, 0.2) is 69.2 Å². The molecule has 0 fully saturated rings. The highest BCUT2D eigenvalue weighted by Gasteiger charge is 2.13. The zero-order chi connectivity index (χ0) is 18.8. The van der Waals surface area contributed by atoms with Gasteiger partial charge in [-0.15, -0.1) is 11.3 Å². The molecule has 4 aromatic rings. The van der Waals surface area contributed by atoms with Crippen molar-refractivity contribution in [1.82, 2.24) is 4.98 Å². The van der Waals surface area contributed by atoms with Gasteiger partial charge in [0, 0.05) is 10.8 Å². The molecule has 4 rings (SSSR count). The van der Waals surface area contributed by atoms with E-state index in [4.69, 9.17) is 4.42 Å². The van der Waals surface area contributed by atoms with Crippen molar-refractivity contribution < 1.29 is 9.21 Å². The van der Waals surface area contributed by atoms with Gasteiger partial charge in [-0.25, -0.2) is 9.78 Å². The fourth-order valence-corrected chi connectivity index (χ4v) is 3.48. The van der Waals surface area contributed by atoms with Gasteiger partial charge in [0.2, 0.25) is 5.91 Å². The molecule has 27 heavy (non-hydrogen) atoms. The van der Waals surface area contributed by atoms with E-state index >= 15 is 0 Å². The standard InChI is InChI=1S/C21H16N2O3S/c1-13-6-8-14(9-7-13)10-19(24)23-21-22-17(12-27-21)16-11-15-4-2-3-5-18(15)26-20(16)25/h2-9,11-12H,10H2,1H3,(H,22,23,24). The number of para-hydroxylation sites is 1. The number of thiazole rings is 1. The highest BCUT2D eigenvalue weighted by atomic mass is 32.1. The molecule has 0 radical (unpaired) electrons. The van der Waals surface area contributed by atoms with Gasteiger partial charge in [0.05, 0.1) is 17.7 Å². The third-order valence-electron chi connectivity index (χ3n) is 4.15. The summed E-state index contributed by atoms with van der Waals surface area (Å²) in [4.78, 5) is 28.8. The number of carbonyl (C=O) groups excluding carboxylic acids is 1. The third kappa shape index (κ3) is 3.80. The Morgan fingerprint density at radius 3 is 2.74 bits per heavy atom. The average molecular weight is 376 g/mol. The van der Waals surface area contributed by atoms with E-state index in [1.54, 1.807) is 17.5 Å². The molecule has 0 saturated carbocycles. The molecule has 2 aromatic heterocycles. The summed E-state index contributed by atoms with van der Waals surface area (Å²) in [6.07, 6.45) is 0.271. The Labute approximate surface area is 159 Å². The summed E-state index contributed by atoms with van der Waals surface area (Å²) in [5, 5.41) is 5.80. The lowest BCUT2D eigenvalue weighted by molar-refractivity contribution is -0.115. The van der Waals surface area contributed by atoms with Crippen LogP contribution in [-0.2, 0) is 11.2 Å². The molecule has 5 nitrogen and oxygen atoms in total. The number of anilines is 1. The molecule has 2 aromatic carbocycles. The maximum atomic E-state index is 12.2. The van der Waals surface area contributed by atoms with Crippen LogP contribution in [0.3, 0.4) is 0 Å². The summed E-state index contributed by atoms with van der Waals surface area (Å²) in [6.45, 7) is 2.00. The third-order valence-corrected chi connectivity index (χ3v) is 4.91. The molecule has 0 unspecified atom stereocenters. The topological polar surface area (TPSA) is 72.2 Å². The van der Waals surface area contributed by atoms with Gasteiger partial charge in [0.25, 0.3) is 0 Å². The number of benzene rings is 2. The minimum Gasteiger partial charge on any atom is -0.422 e. The van der Waals surface area contributed by atoms with E-state index in [0.29, 0.717) is 22.0 Å². The summed E-state index contributed by atoms with van der Waals surface area (Å²) in [7, 11) is 0. The quantitative estimate of drug-likeness (QED) is 0.536. The van der Waals surface area contributed by atoms with Crippen molar-refractivity contribution in [2.24, 2.45) is 0 Å². The van der Waals surface area contributed by atoms with Gasteiger partial charge in [-0.1, -0.05) is 48.0 Å². The van der Waals surface area contributed by atoms with E-state index in [1.807, 2.05) is 49.4 Å². The number of carbonyl (C=O) groups is 1. The van der Waals surface area contributed by atoms with Crippen molar-refractivity contribution >= 4 is 33.3 Å². The van der Waals surface area contributed by atoms with E-state index < -0.39 is 5.63 Å². The molecule has 0 spiro atoms. The summed E-state index contributed by atoms with van der Waals surface area (Å²) in [5.74, 6) is -0.148. The number of rotatable bonds is 4. The van der Waals surface area contributed by atoms with Crippen LogP contribution in [-0.4, -0.2) is 10.9 Å². The molecule has 0 bridgehead atoms. The van der Waals surface area contributed by atoms with Crippen LogP contribution >= 0.6 is 11.3 Å². The van der Waals surface area contributed by atoms with Crippen molar-refractivity contribution in [2.75, 3.05) is 5.32 Å². The molecule has 1 amide bonds. The SMILES string of the molecule is Cc1ccc(CC(=O)Nc2nc(-c3cc4ccccc4oc3=O)cs2)cc1. The number of hydrogen-bond acceptors (Lipinski definition) is 5. The van der Waals surface area contributed by atoms with Gasteiger partial charge in [-0.05, 0) is 24.6 Å². The largest absolute Gasteiger partial charge is 0.422 e. The highest BCUT2D eigenvalue weighted by molar-refractivity contribution is 7.14. The Morgan fingerprint density at radius 1 is 1.15 bits per heavy atom. The number of aryl methyl sites for hydroxylation is 1. The molecule has 0 saturated heterocycles. The molecular weight excluding hydrogens is 360 g/mol. The number of nitrogens with one attached hydrogen (secondary N) is 1. The number of fused-ring (bicyclic) bond motifs is 1. The predicted molar refractivity (Wildman–Crippen MR) is 107 cm³/mol. The van der Waals surface area contributed by atoms with E-state index in [-0.39, 0.29) is 12.3 Å². The van der Waals surface area contributed by atoms with E-state index in [1.165, 1.54) is 11.3 Å². The molecule has 0 aliphatic carbocycles. The molecule has 2 heterocycles. The smallest absolute Gasteiger partial charge is 0.345 e. The minimum atomic E-state index is -0.448. The summed E-state index contributed by atoms with van der Waals surface area (Å²) < 4.78 is 5.35. The van der Waals surface area contributed by atoms with Crippen molar-refractivity contribution in [3.8, 4) is 11.3 Å². The van der Waals surface area contributed by atoms with Gasteiger partial charge in [0.15, 0.2) is 5.13 Å². The monoisotopic (exact) mass is 376 g/mol. The molecule has 6 heteroatoms. The van der Waals surface area contributed by atoms with Crippen molar-refractivity contribution in [3.63, 3.8) is 0 Å². The van der Waals surface area contributed by atoms with Crippen molar-refractivity contribution in [1.29, 1.82) is 0 Å². The maximum Gasteiger partial charge on any atom is 0.345 e. The van der Waals surface area contributed by atoms with E-state index in [0.717, 1.165) is 16.5 Å². The molecule has 0 atom stereocenters. The lowest BCUT2D eigenvalue weighted by Gasteiger charge is -2.02. The van der Waals surface area contributed by atoms with Crippen LogP contribution < -0.4 is 10.9 Å². The second-order valence-electron chi connectivity index (χ2n) is 6.23. The van der Waals surface area contributed by atoms with Gasteiger partial charge in [-0.3, -0.25) is 4.79 Å². The zero-order valence-corrected chi connectivity index (χ0v) is 15.4. The minimum absolute atomic E-state index is 0.148. The Morgan fingerprint density at radius 2 is 1.93 bits per heavy atom. The fourth-order valence-electron chi connectivity index (χ4n) is 2.75. The Balaban J connectivity index is 1.53. The number of amides is 1. The molecule has 134 valence electrons. The molecule has 0 aliphatic rings. The first-order chi connectivity index (χ1) is 13.1. The number of aromatic nitrogens is 1. The lowest BCUT2D eigenvalue weighted by atomic mass is 10.1.